The summed E-state index contributed by atoms with van der Waals surface area (Å²) in [5.74, 6) is 1.37. The van der Waals surface area contributed by atoms with Crippen LogP contribution in [0.25, 0.3) is 0 Å². The number of unbranched alkanes of at least 4 members (excludes halogenated alkanes) is 1. The number of benzene rings is 1. The molecular formula is C19H33IN4. The van der Waals surface area contributed by atoms with Crippen molar-refractivity contribution in [2.24, 2.45) is 16.6 Å². The second-order valence-electron chi connectivity index (χ2n) is 6.73. The van der Waals surface area contributed by atoms with Gasteiger partial charge in [-0.15, -0.1) is 24.0 Å². The average molecular weight is 444 g/mol. The molecule has 1 unspecified atom stereocenters. The van der Waals surface area contributed by atoms with E-state index in [2.05, 4.69) is 53.3 Å². The van der Waals surface area contributed by atoms with Gasteiger partial charge >= 0.3 is 0 Å². The van der Waals surface area contributed by atoms with Crippen molar-refractivity contribution in [1.29, 1.82) is 0 Å². The number of nitrogens with zero attached hydrogens (tertiary/aromatic N) is 2. The van der Waals surface area contributed by atoms with Crippen molar-refractivity contribution >= 4 is 29.9 Å². The molecule has 1 atom stereocenters. The van der Waals surface area contributed by atoms with E-state index in [1.165, 1.54) is 37.1 Å². The van der Waals surface area contributed by atoms with Crippen molar-refractivity contribution < 1.29 is 0 Å². The Bertz CT molecular complexity index is 504. The first-order valence-electron chi connectivity index (χ1n) is 9.02. The lowest BCUT2D eigenvalue weighted by Gasteiger charge is -2.31. The summed E-state index contributed by atoms with van der Waals surface area (Å²) in [6.07, 6.45) is 4.97. The fourth-order valence-electron chi connectivity index (χ4n) is 3.16. The standard InChI is InChI=1S/C19H32N4.HI/c1-3-4-11-21-19(20)22-13-17-9-5-6-10-18(17)15-23-12-7-8-16(2)14-23;/h5-6,9-10,16H,3-4,7-8,11-15H2,1-2H3,(H3,20,21,22);1H. The van der Waals surface area contributed by atoms with E-state index >= 15 is 0 Å². The van der Waals surface area contributed by atoms with Crippen molar-refractivity contribution in [2.75, 3.05) is 19.6 Å². The van der Waals surface area contributed by atoms with Gasteiger partial charge < -0.3 is 11.1 Å². The van der Waals surface area contributed by atoms with Crippen molar-refractivity contribution in [1.82, 2.24) is 10.2 Å². The largest absolute Gasteiger partial charge is 0.370 e. The molecule has 24 heavy (non-hydrogen) atoms. The third-order valence-electron chi connectivity index (χ3n) is 4.51. The number of halogens is 1. The number of nitrogens with one attached hydrogen (secondary N) is 1. The monoisotopic (exact) mass is 444 g/mol. The van der Waals surface area contributed by atoms with Gasteiger partial charge in [-0.25, -0.2) is 4.99 Å². The molecule has 0 saturated carbocycles. The molecule has 0 aromatic heterocycles. The van der Waals surface area contributed by atoms with Crippen LogP contribution in [-0.2, 0) is 13.1 Å². The topological polar surface area (TPSA) is 53.6 Å². The Hall–Kier alpha value is -0.820. The molecule has 5 heteroatoms. The molecule has 1 aliphatic rings. The maximum atomic E-state index is 5.94. The summed E-state index contributed by atoms with van der Waals surface area (Å²) in [5, 5.41) is 3.18. The van der Waals surface area contributed by atoms with Gasteiger partial charge in [-0.1, -0.05) is 44.5 Å². The molecule has 4 nitrogen and oxygen atoms in total. The van der Waals surface area contributed by atoms with E-state index in [-0.39, 0.29) is 24.0 Å². The molecule has 1 aromatic rings. The number of hydrogen-bond donors (Lipinski definition) is 2. The van der Waals surface area contributed by atoms with E-state index < -0.39 is 0 Å². The van der Waals surface area contributed by atoms with E-state index in [1.807, 2.05) is 0 Å². The van der Waals surface area contributed by atoms with Crippen molar-refractivity contribution in [3.05, 3.63) is 35.4 Å². The number of likely N-dealkylation sites (tertiary alicyclic amines) is 1. The van der Waals surface area contributed by atoms with Gasteiger partial charge in [-0.05, 0) is 42.9 Å². The fraction of sp³-hybridized carbons (Fsp3) is 0.632. The summed E-state index contributed by atoms with van der Waals surface area (Å²) in [6.45, 7) is 9.53. The van der Waals surface area contributed by atoms with Crippen LogP contribution in [0.1, 0.15) is 50.7 Å². The highest BCUT2D eigenvalue weighted by Gasteiger charge is 2.17. The van der Waals surface area contributed by atoms with Crippen LogP contribution < -0.4 is 11.1 Å². The minimum Gasteiger partial charge on any atom is -0.370 e. The van der Waals surface area contributed by atoms with E-state index in [9.17, 15) is 0 Å². The normalized spacial score (nSPS) is 18.9. The Morgan fingerprint density at radius 2 is 2.08 bits per heavy atom. The van der Waals surface area contributed by atoms with Gasteiger partial charge in [0.15, 0.2) is 5.96 Å². The van der Waals surface area contributed by atoms with Gasteiger partial charge in [0.25, 0.3) is 0 Å². The van der Waals surface area contributed by atoms with Crippen molar-refractivity contribution in [3.8, 4) is 0 Å². The van der Waals surface area contributed by atoms with Crippen molar-refractivity contribution in [3.63, 3.8) is 0 Å². The second-order valence-corrected chi connectivity index (χ2v) is 6.73. The van der Waals surface area contributed by atoms with Gasteiger partial charge in [-0.3, -0.25) is 4.90 Å². The molecular weight excluding hydrogens is 411 g/mol. The highest BCUT2D eigenvalue weighted by Crippen LogP contribution is 2.19. The molecule has 0 amide bonds. The maximum Gasteiger partial charge on any atom is 0.188 e. The molecule has 136 valence electrons. The summed E-state index contributed by atoms with van der Waals surface area (Å²) >= 11 is 0. The third kappa shape index (κ3) is 7.38. The van der Waals surface area contributed by atoms with E-state index in [4.69, 9.17) is 5.73 Å². The van der Waals surface area contributed by atoms with Crippen LogP contribution in [0.4, 0.5) is 0 Å². The van der Waals surface area contributed by atoms with Crippen molar-refractivity contribution in [2.45, 2.75) is 52.6 Å². The summed E-state index contributed by atoms with van der Waals surface area (Å²) in [5.41, 5.74) is 8.61. The maximum absolute atomic E-state index is 5.94. The Morgan fingerprint density at radius 1 is 1.33 bits per heavy atom. The average Bonchev–Trinajstić information content (AvgIpc) is 2.54. The highest BCUT2D eigenvalue weighted by atomic mass is 127. The summed E-state index contributed by atoms with van der Waals surface area (Å²) in [7, 11) is 0. The van der Waals surface area contributed by atoms with Gasteiger partial charge in [0, 0.05) is 19.6 Å². The van der Waals surface area contributed by atoms with Gasteiger partial charge in [0.1, 0.15) is 0 Å². The first kappa shape index (κ1) is 21.2. The molecule has 0 bridgehead atoms. The predicted molar refractivity (Wildman–Crippen MR) is 114 cm³/mol. The van der Waals surface area contributed by atoms with Crippen LogP contribution >= 0.6 is 24.0 Å². The smallest absolute Gasteiger partial charge is 0.188 e. The first-order valence-corrected chi connectivity index (χ1v) is 9.02. The molecule has 0 aliphatic carbocycles. The van der Waals surface area contributed by atoms with Gasteiger partial charge in [0.2, 0.25) is 0 Å². The lowest BCUT2D eigenvalue weighted by molar-refractivity contribution is 0.176. The van der Waals surface area contributed by atoms with Crippen LogP contribution in [0, 0.1) is 5.92 Å². The molecule has 1 aromatic carbocycles. The Morgan fingerprint density at radius 3 is 2.79 bits per heavy atom. The first-order chi connectivity index (χ1) is 11.2. The molecule has 0 radical (unpaired) electrons. The summed E-state index contributed by atoms with van der Waals surface area (Å²) < 4.78 is 0. The SMILES string of the molecule is CCCCNC(N)=NCc1ccccc1CN1CCCC(C)C1.I. The molecule has 1 heterocycles. The lowest BCUT2D eigenvalue weighted by atomic mass is 9.99. The zero-order chi connectivity index (χ0) is 16.5. The van der Waals surface area contributed by atoms with Crippen LogP contribution in [0.2, 0.25) is 0 Å². The zero-order valence-corrected chi connectivity index (χ0v) is 17.5. The van der Waals surface area contributed by atoms with E-state index in [1.54, 1.807) is 0 Å². The van der Waals surface area contributed by atoms with Crippen LogP contribution in [0.5, 0.6) is 0 Å². The van der Waals surface area contributed by atoms with Crippen LogP contribution in [0.3, 0.4) is 0 Å². The molecule has 2 rings (SSSR count). The summed E-state index contributed by atoms with van der Waals surface area (Å²) in [4.78, 5) is 7.07. The number of nitrogens with two attached hydrogens (primary N) is 1. The predicted octanol–water partition coefficient (Wildman–Crippen LogP) is 3.74. The minimum absolute atomic E-state index is 0. The molecule has 3 N–H and O–H groups in total. The molecule has 1 aliphatic heterocycles. The van der Waals surface area contributed by atoms with Gasteiger partial charge in [-0.2, -0.15) is 0 Å². The van der Waals surface area contributed by atoms with Crippen LogP contribution in [-0.4, -0.2) is 30.5 Å². The lowest BCUT2D eigenvalue weighted by Crippen LogP contribution is -2.34. The number of rotatable bonds is 7. The highest BCUT2D eigenvalue weighted by molar-refractivity contribution is 14.0. The molecule has 0 spiro atoms. The van der Waals surface area contributed by atoms with E-state index in [0.717, 1.165) is 31.8 Å². The van der Waals surface area contributed by atoms with E-state index in [0.29, 0.717) is 12.5 Å². The minimum atomic E-state index is 0. The zero-order valence-electron chi connectivity index (χ0n) is 15.1. The summed E-state index contributed by atoms with van der Waals surface area (Å²) in [6, 6.07) is 8.61. The Labute approximate surface area is 164 Å². The second kappa shape index (κ2) is 11.7. The number of piperidine rings is 1. The number of hydrogen-bond acceptors (Lipinski definition) is 2. The Balaban J connectivity index is 0.00000288. The number of guanidine groups is 1. The molecule has 1 fully saturated rings. The molecule has 1 saturated heterocycles. The number of aliphatic imine (C=N–C) groups is 1. The quantitative estimate of drug-likeness (QED) is 0.292. The van der Waals surface area contributed by atoms with Crippen LogP contribution in [0.15, 0.2) is 29.3 Å². The van der Waals surface area contributed by atoms with Gasteiger partial charge in [0.05, 0.1) is 6.54 Å². The third-order valence-corrected chi connectivity index (χ3v) is 4.51. The fourth-order valence-corrected chi connectivity index (χ4v) is 3.16. The Kier molecular flexibility index (Phi) is 10.3.